The first kappa shape index (κ1) is 13.9. The maximum Gasteiger partial charge on any atom is 0.153 e. The average molecular weight is 299 g/mol. The number of hydrogen-bond donors (Lipinski definition) is 1. The quantitative estimate of drug-likeness (QED) is 0.775. The second kappa shape index (κ2) is 6.12. The van der Waals surface area contributed by atoms with Gasteiger partial charge in [-0.15, -0.1) is 0 Å². The van der Waals surface area contributed by atoms with Crippen molar-refractivity contribution in [1.29, 1.82) is 0 Å². The van der Waals surface area contributed by atoms with Crippen molar-refractivity contribution < 1.29 is 4.74 Å². The molecule has 0 spiro atoms. The summed E-state index contributed by atoms with van der Waals surface area (Å²) in [5.41, 5.74) is 1.84. The molecular weight excluding hydrogens is 284 g/mol. The van der Waals surface area contributed by atoms with Crippen LogP contribution in [0.5, 0.6) is 11.5 Å². The summed E-state index contributed by atoms with van der Waals surface area (Å²) in [6.07, 6.45) is 1.76. The lowest BCUT2D eigenvalue weighted by Gasteiger charge is -2.13. The van der Waals surface area contributed by atoms with Crippen LogP contribution in [0, 0.1) is 0 Å². The Balaban J connectivity index is 2.07. The maximum absolute atomic E-state index is 6.29. The Morgan fingerprint density at radius 1 is 1.10 bits per heavy atom. The summed E-state index contributed by atoms with van der Waals surface area (Å²) in [5.74, 6) is 1.38. The third-order valence-corrected chi connectivity index (χ3v) is 3.52. The lowest BCUT2D eigenvalue weighted by atomic mass is 10.2. The number of hydrogen-bond acceptors (Lipinski definition) is 3. The third-order valence-electron chi connectivity index (χ3n) is 3.22. The molecule has 0 unspecified atom stereocenters. The van der Waals surface area contributed by atoms with Crippen LogP contribution in [0.2, 0.25) is 5.02 Å². The second-order valence-electron chi connectivity index (χ2n) is 4.69. The summed E-state index contributed by atoms with van der Waals surface area (Å²) in [6.45, 7) is 0.689. The van der Waals surface area contributed by atoms with Gasteiger partial charge >= 0.3 is 0 Å². The van der Waals surface area contributed by atoms with Crippen molar-refractivity contribution in [3.05, 3.63) is 65.3 Å². The first-order chi connectivity index (χ1) is 10.3. The monoisotopic (exact) mass is 298 g/mol. The standard InChI is InChI=1S/C17H15ClN2O/c1-19-11-13-6-2-8-14(18)17(13)21-15-9-3-5-12-7-4-10-20-16(12)15/h2-10,19H,11H2,1H3. The zero-order valence-corrected chi connectivity index (χ0v) is 12.4. The summed E-state index contributed by atoms with van der Waals surface area (Å²) in [5, 5.41) is 4.75. The van der Waals surface area contributed by atoms with Crippen LogP contribution in [0.1, 0.15) is 5.56 Å². The Morgan fingerprint density at radius 3 is 2.76 bits per heavy atom. The molecule has 3 rings (SSSR count). The largest absolute Gasteiger partial charge is 0.453 e. The molecule has 0 saturated carbocycles. The third kappa shape index (κ3) is 2.84. The van der Waals surface area contributed by atoms with Crippen LogP contribution in [0.4, 0.5) is 0 Å². The molecule has 0 radical (unpaired) electrons. The van der Waals surface area contributed by atoms with Crippen LogP contribution in [-0.4, -0.2) is 12.0 Å². The number of nitrogens with zero attached hydrogens (tertiary/aromatic N) is 1. The lowest BCUT2D eigenvalue weighted by molar-refractivity contribution is 0.479. The highest BCUT2D eigenvalue weighted by Gasteiger charge is 2.11. The number of benzene rings is 2. The molecule has 0 aliphatic carbocycles. The Hall–Kier alpha value is -2.10. The van der Waals surface area contributed by atoms with E-state index in [0.717, 1.165) is 16.5 Å². The van der Waals surface area contributed by atoms with Gasteiger partial charge in [0.15, 0.2) is 11.5 Å². The molecule has 21 heavy (non-hydrogen) atoms. The molecule has 3 nitrogen and oxygen atoms in total. The van der Waals surface area contributed by atoms with Crippen molar-refractivity contribution >= 4 is 22.5 Å². The second-order valence-corrected chi connectivity index (χ2v) is 5.10. The predicted octanol–water partition coefficient (Wildman–Crippen LogP) is 4.40. The number of pyridine rings is 1. The van der Waals surface area contributed by atoms with Crippen LogP contribution in [0.15, 0.2) is 54.7 Å². The van der Waals surface area contributed by atoms with E-state index in [2.05, 4.69) is 10.3 Å². The molecule has 0 fully saturated rings. The molecule has 0 saturated heterocycles. The van der Waals surface area contributed by atoms with Crippen molar-refractivity contribution in [3.63, 3.8) is 0 Å². The highest BCUT2D eigenvalue weighted by Crippen LogP contribution is 2.35. The minimum absolute atomic E-state index is 0.593. The van der Waals surface area contributed by atoms with E-state index in [1.165, 1.54) is 0 Å². The molecule has 0 bridgehead atoms. The van der Waals surface area contributed by atoms with Crippen LogP contribution >= 0.6 is 11.6 Å². The van der Waals surface area contributed by atoms with Crippen molar-refractivity contribution in [2.24, 2.45) is 0 Å². The first-order valence-corrected chi connectivity index (χ1v) is 7.11. The van der Waals surface area contributed by atoms with Gasteiger partial charge < -0.3 is 10.1 Å². The molecule has 4 heteroatoms. The van der Waals surface area contributed by atoms with E-state index in [1.54, 1.807) is 6.20 Å². The van der Waals surface area contributed by atoms with Crippen LogP contribution < -0.4 is 10.1 Å². The fraction of sp³-hybridized carbons (Fsp3) is 0.118. The van der Waals surface area contributed by atoms with Gasteiger partial charge in [0.05, 0.1) is 5.02 Å². The topological polar surface area (TPSA) is 34.1 Å². The van der Waals surface area contributed by atoms with Crippen molar-refractivity contribution in [3.8, 4) is 11.5 Å². The number of rotatable bonds is 4. The molecule has 0 atom stereocenters. The van der Waals surface area contributed by atoms with E-state index in [-0.39, 0.29) is 0 Å². The van der Waals surface area contributed by atoms with Gasteiger partial charge in [-0.2, -0.15) is 0 Å². The number of aromatic nitrogens is 1. The minimum Gasteiger partial charge on any atom is -0.453 e. The van der Waals surface area contributed by atoms with E-state index in [9.17, 15) is 0 Å². The van der Waals surface area contributed by atoms with Gasteiger partial charge in [-0.3, -0.25) is 4.98 Å². The van der Waals surface area contributed by atoms with Crippen LogP contribution in [0.25, 0.3) is 10.9 Å². The molecule has 0 aliphatic heterocycles. The molecule has 1 aromatic heterocycles. The number of nitrogens with one attached hydrogen (secondary N) is 1. The summed E-state index contributed by atoms with van der Waals surface area (Å²) in [7, 11) is 1.89. The Morgan fingerprint density at radius 2 is 1.90 bits per heavy atom. The van der Waals surface area contributed by atoms with E-state index >= 15 is 0 Å². The average Bonchev–Trinajstić information content (AvgIpc) is 2.51. The Labute approximate surface area is 128 Å². The van der Waals surface area contributed by atoms with Gasteiger partial charge in [0.2, 0.25) is 0 Å². The van der Waals surface area contributed by atoms with Gasteiger partial charge in [0.25, 0.3) is 0 Å². The van der Waals surface area contributed by atoms with E-state index in [4.69, 9.17) is 16.3 Å². The molecule has 1 N–H and O–H groups in total. The highest BCUT2D eigenvalue weighted by molar-refractivity contribution is 6.32. The number of para-hydroxylation sites is 2. The van der Waals surface area contributed by atoms with Crippen LogP contribution in [-0.2, 0) is 6.54 Å². The molecule has 106 valence electrons. The lowest BCUT2D eigenvalue weighted by Crippen LogP contribution is -2.06. The Kier molecular flexibility index (Phi) is 4.04. The highest BCUT2D eigenvalue weighted by atomic mass is 35.5. The van der Waals surface area contributed by atoms with Gasteiger partial charge in [0.1, 0.15) is 5.52 Å². The van der Waals surface area contributed by atoms with Gasteiger partial charge in [-0.25, -0.2) is 0 Å². The fourth-order valence-electron chi connectivity index (χ4n) is 2.27. The predicted molar refractivity (Wildman–Crippen MR) is 86.0 cm³/mol. The normalized spacial score (nSPS) is 10.8. The number of fused-ring (bicyclic) bond motifs is 1. The smallest absolute Gasteiger partial charge is 0.153 e. The number of ether oxygens (including phenoxy) is 1. The van der Waals surface area contributed by atoms with Gasteiger partial charge in [0, 0.05) is 23.7 Å². The molecular formula is C17H15ClN2O. The SMILES string of the molecule is CNCc1cccc(Cl)c1Oc1cccc2cccnc12. The van der Waals surface area contributed by atoms with Gasteiger partial charge in [-0.05, 0) is 25.2 Å². The van der Waals surface area contributed by atoms with E-state index in [0.29, 0.717) is 23.1 Å². The zero-order chi connectivity index (χ0) is 14.7. The summed E-state index contributed by atoms with van der Waals surface area (Å²) in [6, 6.07) is 15.5. The summed E-state index contributed by atoms with van der Waals surface area (Å²) >= 11 is 6.29. The van der Waals surface area contributed by atoms with Crippen molar-refractivity contribution in [2.45, 2.75) is 6.54 Å². The number of halogens is 1. The van der Waals surface area contributed by atoms with Crippen molar-refractivity contribution in [1.82, 2.24) is 10.3 Å². The fourth-order valence-corrected chi connectivity index (χ4v) is 2.50. The van der Waals surface area contributed by atoms with Crippen LogP contribution in [0.3, 0.4) is 0 Å². The van der Waals surface area contributed by atoms with E-state index < -0.39 is 0 Å². The van der Waals surface area contributed by atoms with Gasteiger partial charge in [-0.1, -0.05) is 41.9 Å². The molecule has 3 aromatic rings. The maximum atomic E-state index is 6.29. The summed E-state index contributed by atoms with van der Waals surface area (Å²) < 4.78 is 6.07. The first-order valence-electron chi connectivity index (χ1n) is 6.73. The minimum atomic E-state index is 0.593. The Bertz CT molecular complexity index is 768. The molecule has 0 amide bonds. The molecule has 0 aliphatic rings. The molecule has 1 heterocycles. The zero-order valence-electron chi connectivity index (χ0n) is 11.6. The van der Waals surface area contributed by atoms with Crippen molar-refractivity contribution in [2.75, 3.05) is 7.05 Å². The molecule has 2 aromatic carbocycles. The summed E-state index contributed by atoms with van der Waals surface area (Å²) in [4.78, 5) is 4.40. The van der Waals surface area contributed by atoms with E-state index in [1.807, 2.05) is 55.6 Å².